The maximum atomic E-state index is 12.6. The Morgan fingerprint density at radius 2 is 1.91 bits per heavy atom. The number of carbonyl (C=O) groups excluding carboxylic acids is 1. The van der Waals surface area contributed by atoms with Gasteiger partial charge >= 0.3 is 5.97 Å². The van der Waals surface area contributed by atoms with Gasteiger partial charge in [-0.05, 0) is 55.2 Å². The van der Waals surface area contributed by atoms with Crippen LogP contribution < -0.4 is 4.74 Å². The smallest absolute Gasteiger partial charge is 0.315 e. The summed E-state index contributed by atoms with van der Waals surface area (Å²) in [6.45, 7) is 14.7. The highest BCUT2D eigenvalue weighted by Crippen LogP contribution is 2.59. The van der Waals surface area contributed by atoms with E-state index in [0.29, 0.717) is 5.92 Å². The molecule has 2 heteroatoms. The monoisotopic (exact) mass is 300 g/mol. The molecule has 22 heavy (non-hydrogen) atoms. The van der Waals surface area contributed by atoms with Crippen molar-refractivity contribution in [2.45, 2.75) is 54.4 Å². The van der Waals surface area contributed by atoms with Gasteiger partial charge in [-0.15, -0.1) is 0 Å². The van der Waals surface area contributed by atoms with Gasteiger partial charge in [-0.2, -0.15) is 0 Å². The number of ether oxygens (including phenoxy) is 1. The fourth-order valence-electron chi connectivity index (χ4n) is 3.18. The van der Waals surface area contributed by atoms with E-state index in [-0.39, 0.29) is 23.2 Å². The summed E-state index contributed by atoms with van der Waals surface area (Å²) < 4.78 is 5.79. The number of aryl methyl sites for hydroxylation is 1. The first-order chi connectivity index (χ1) is 10.1. The predicted molar refractivity (Wildman–Crippen MR) is 91.1 cm³/mol. The Bertz CT molecular complexity index is 604. The molecule has 0 amide bonds. The van der Waals surface area contributed by atoms with Gasteiger partial charge in [0.2, 0.25) is 0 Å². The predicted octanol–water partition coefficient (Wildman–Crippen LogP) is 5.26. The fourth-order valence-corrected chi connectivity index (χ4v) is 3.18. The maximum Gasteiger partial charge on any atom is 0.315 e. The van der Waals surface area contributed by atoms with Crippen LogP contribution >= 0.6 is 0 Å². The van der Waals surface area contributed by atoms with Crippen LogP contribution in [0, 0.1) is 24.2 Å². The molecule has 1 saturated carbocycles. The summed E-state index contributed by atoms with van der Waals surface area (Å²) in [7, 11) is 0. The molecule has 1 aliphatic rings. The molecule has 0 unspecified atom stereocenters. The van der Waals surface area contributed by atoms with E-state index in [4.69, 9.17) is 4.74 Å². The number of carbonyl (C=O) groups is 1. The van der Waals surface area contributed by atoms with Gasteiger partial charge < -0.3 is 4.74 Å². The normalized spacial score (nSPS) is 22.4. The average molecular weight is 300 g/mol. The molecule has 1 aromatic carbocycles. The molecule has 0 radical (unpaired) electrons. The van der Waals surface area contributed by atoms with Crippen LogP contribution in [0.3, 0.4) is 0 Å². The van der Waals surface area contributed by atoms with Crippen molar-refractivity contribution >= 4 is 5.97 Å². The van der Waals surface area contributed by atoms with Crippen molar-refractivity contribution in [1.29, 1.82) is 0 Å². The first-order valence-electron chi connectivity index (χ1n) is 8.12. The standard InChI is InChI=1S/C20H28O2/c1-12(2)10-16-18(20(16,6)7)19(21)22-17-11-14(5)8-9-15(17)13(3)4/h8-11,13,16,18H,1-7H3/t16-,18+/m1/s1. The van der Waals surface area contributed by atoms with E-state index < -0.39 is 0 Å². The molecule has 2 nitrogen and oxygen atoms in total. The summed E-state index contributed by atoms with van der Waals surface area (Å²) in [5.41, 5.74) is 3.46. The average Bonchev–Trinajstić information content (AvgIpc) is 2.89. The van der Waals surface area contributed by atoms with Crippen molar-refractivity contribution in [3.63, 3.8) is 0 Å². The summed E-state index contributed by atoms with van der Waals surface area (Å²) >= 11 is 0. The number of hydrogen-bond acceptors (Lipinski definition) is 2. The minimum Gasteiger partial charge on any atom is -0.426 e. The van der Waals surface area contributed by atoms with Gasteiger partial charge in [0, 0.05) is 0 Å². The lowest BCUT2D eigenvalue weighted by Gasteiger charge is -2.14. The number of benzene rings is 1. The van der Waals surface area contributed by atoms with Crippen LogP contribution in [0.15, 0.2) is 29.8 Å². The molecule has 0 spiro atoms. The van der Waals surface area contributed by atoms with E-state index in [1.54, 1.807) is 0 Å². The second-order valence-corrected chi connectivity index (χ2v) is 7.69. The van der Waals surface area contributed by atoms with Crippen molar-refractivity contribution < 1.29 is 9.53 Å². The summed E-state index contributed by atoms with van der Waals surface area (Å²) in [6.07, 6.45) is 2.20. The zero-order valence-electron chi connectivity index (χ0n) is 14.9. The van der Waals surface area contributed by atoms with Crippen LogP contribution in [0.4, 0.5) is 0 Å². The molecular formula is C20H28O2. The number of esters is 1. The van der Waals surface area contributed by atoms with Crippen LogP contribution in [-0.4, -0.2) is 5.97 Å². The van der Waals surface area contributed by atoms with Crippen LogP contribution in [0.2, 0.25) is 0 Å². The van der Waals surface area contributed by atoms with Crippen LogP contribution in [0.25, 0.3) is 0 Å². The van der Waals surface area contributed by atoms with Crippen LogP contribution in [0.1, 0.15) is 58.6 Å². The summed E-state index contributed by atoms with van der Waals surface area (Å²) in [5, 5.41) is 0. The third-order valence-electron chi connectivity index (χ3n) is 4.68. The Labute approximate surface area is 134 Å². The van der Waals surface area contributed by atoms with Gasteiger partial charge in [0.15, 0.2) is 0 Å². The van der Waals surface area contributed by atoms with E-state index in [2.05, 4.69) is 59.8 Å². The Morgan fingerprint density at radius 1 is 1.27 bits per heavy atom. The number of allylic oxidation sites excluding steroid dienone is 2. The Hall–Kier alpha value is -1.57. The molecule has 1 fully saturated rings. The quantitative estimate of drug-likeness (QED) is 0.430. The molecule has 0 N–H and O–H groups in total. The van der Waals surface area contributed by atoms with Crippen molar-refractivity contribution in [3.05, 3.63) is 41.0 Å². The van der Waals surface area contributed by atoms with E-state index in [9.17, 15) is 4.79 Å². The zero-order valence-corrected chi connectivity index (χ0v) is 14.9. The summed E-state index contributed by atoms with van der Waals surface area (Å²) in [4.78, 5) is 12.6. The highest BCUT2D eigenvalue weighted by molar-refractivity contribution is 5.80. The lowest BCUT2D eigenvalue weighted by molar-refractivity contribution is -0.136. The van der Waals surface area contributed by atoms with E-state index in [1.165, 1.54) is 5.57 Å². The summed E-state index contributed by atoms with van der Waals surface area (Å²) in [6, 6.07) is 6.10. The van der Waals surface area contributed by atoms with Gasteiger partial charge in [0.05, 0.1) is 5.92 Å². The molecule has 2 atom stereocenters. The molecule has 2 rings (SSSR count). The minimum atomic E-state index is -0.0972. The Morgan fingerprint density at radius 3 is 2.45 bits per heavy atom. The third-order valence-corrected chi connectivity index (χ3v) is 4.68. The molecule has 0 aliphatic heterocycles. The topological polar surface area (TPSA) is 26.3 Å². The molecule has 1 aliphatic carbocycles. The molecule has 0 aromatic heterocycles. The lowest BCUT2D eigenvalue weighted by Crippen LogP contribution is -2.15. The SMILES string of the molecule is CC(C)=C[C@@H]1[C@@H](C(=O)Oc2cc(C)ccc2C(C)C)C1(C)C. The molecule has 0 bridgehead atoms. The Balaban J connectivity index is 2.20. The highest BCUT2D eigenvalue weighted by atomic mass is 16.5. The second-order valence-electron chi connectivity index (χ2n) is 7.69. The van der Waals surface area contributed by atoms with Gasteiger partial charge in [0.1, 0.15) is 5.75 Å². The van der Waals surface area contributed by atoms with Crippen molar-refractivity contribution in [2.24, 2.45) is 17.3 Å². The lowest BCUT2D eigenvalue weighted by atomic mass is 10.0. The first kappa shape index (κ1) is 16.8. The van der Waals surface area contributed by atoms with Crippen molar-refractivity contribution in [1.82, 2.24) is 0 Å². The van der Waals surface area contributed by atoms with Crippen LogP contribution in [-0.2, 0) is 4.79 Å². The van der Waals surface area contributed by atoms with Crippen LogP contribution in [0.5, 0.6) is 5.75 Å². The minimum absolute atomic E-state index is 0.00380. The molecule has 0 heterocycles. The third kappa shape index (κ3) is 3.26. The number of hydrogen-bond donors (Lipinski definition) is 0. The van der Waals surface area contributed by atoms with E-state index in [0.717, 1.165) is 16.9 Å². The van der Waals surface area contributed by atoms with Gasteiger partial charge in [0.25, 0.3) is 0 Å². The van der Waals surface area contributed by atoms with Gasteiger partial charge in [-0.25, -0.2) is 0 Å². The van der Waals surface area contributed by atoms with Gasteiger partial charge in [-0.3, -0.25) is 4.79 Å². The molecule has 0 saturated heterocycles. The fraction of sp³-hybridized carbons (Fsp3) is 0.550. The van der Waals surface area contributed by atoms with E-state index in [1.807, 2.05) is 13.0 Å². The Kier molecular flexibility index (Phi) is 4.51. The van der Waals surface area contributed by atoms with Crippen molar-refractivity contribution in [3.8, 4) is 5.75 Å². The van der Waals surface area contributed by atoms with E-state index >= 15 is 0 Å². The van der Waals surface area contributed by atoms with Gasteiger partial charge in [-0.1, -0.05) is 51.5 Å². The maximum absolute atomic E-state index is 12.6. The molecule has 120 valence electrons. The largest absolute Gasteiger partial charge is 0.426 e. The molecule has 1 aromatic rings. The summed E-state index contributed by atoms with van der Waals surface area (Å²) in [5.74, 6) is 1.21. The second kappa shape index (κ2) is 5.91. The highest BCUT2D eigenvalue weighted by Gasteiger charge is 2.61. The first-order valence-corrected chi connectivity index (χ1v) is 8.12. The molecular weight excluding hydrogens is 272 g/mol. The van der Waals surface area contributed by atoms with Crippen molar-refractivity contribution in [2.75, 3.05) is 0 Å². The number of rotatable bonds is 4. The zero-order chi connectivity index (χ0) is 16.7.